The van der Waals surface area contributed by atoms with Crippen LogP contribution in [0.5, 0.6) is 0 Å². The van der Waals surface area contributed by atoms with Gasteiger partial charge < -0.3 is 14.8 Å². The molecule has 3 heteroatoms. The molecule has 0 amide bonds. The molecule has 1 saturated carbocycles. The molecule has 21 heavy (non-hydrogen) atoms. The summed E-state index contributed by atoms with van der Waals surface area (Å²) in [6.45, 7) is 1.55. The van der Waals surface area contributed by atoms with Crippen LogP contribution in [0.2, 0.25) is 0 Å². The van der Waals surface area contributed by atoms with Gasteiger partial charge in [0.25, 0.3) is 0 Å². The van der Waals surface area contributed by atoms with Gasteiger partial charge in [0, 0.05) is 26.8 Å². The molecule has 2 bridgehead atoms. The van der Waals surface area contributed by atoms with E-state index in [4.69, 9.17) is 9.47 Å². The monoisotopic (exact) mass is 289 g/mol. The molecule has 1 fully saturated rings. The maximum Gasteiger partial charge on any atom is 0.0928 e. The lowest BCUT2D eigenvalue weighted by atomic mass is 9.94. The average Bonchev–Trinajstić information content (AvgIpc) is 2.78. The zero-order valence-electron chi connectivity index (χ0n) is 13.2. The van der Waals surface area contributed by atoms with Crippen molar-refractivity contribution < 1.29 is 9.47 Å². The normalized spacial score (nSPS) is 29.0. The first kappa shape index (κ1) is 15.0. The van der Waals surface area contributed by atoms with Crippen molar-refractivity contribution in [3.8, 4) is 0 Å². The van der Waals surface area contributed by atoms with E-state index in [1.54, 1.807) is 25.3 Å². The SMILES string of the molecule is COCC(CNC1C2CCC1Cc1ccccc1C2)OC. The molecule has 3 nitrogen and oxygen atoms in total. The fraction of sp³-hybridized carbons (Fsp3) is 0.667. The lowest BCUT2D eigenvalue weighted by Crippen LogP contribution is -2.43. The lowest BCUT2D eigenvalue weighted by Gasteiger charge is -2.26. The van der Waals surface area contributed by atoms with E-state index in [0.29, 0.717) is 12.6 Å². The first-order valence-electron chi connectivity index (χ1n) is 8.13. The second-order valence-electron chi connectivity index (χ2n) is 6.52. The Hall–Kier alpha value is -0.900. The highest BCUT2D eigenvalue weighted by atomic mass is 16.5. The fourth-order valence-corrected chi connectivity index (χ4v) is 4.15. The van der Waals surface area contributed by atoms with Crippen molar-refractivity contribution >= 4 is 0 Å². The van der Waals surface area contributed by atoms with Crippen molar-refractivity contribution in [2.24, 2.45) is 11.8 Å². The van der Waals surface area contributed by atoms with Crippen molar-refractivity contribution in [1.29, 1.82) is 0 Å². The maximum absolute atomic E-state index is 5.48. The van der Waals surface area contributed by atoms with Gasteiger partial charge in [-0.05, 0) is 48.6 Å². The number of hydrogen-bond acceptors (Lipinski definition) is 3. The first-order chi connectivity index (χ1) is 10.3. The zero-order valence-corrected chi connectivity index (χ0v) is 13.2. The van der Waals surface area contributed by atoms with Gasteiger partial charge in [0.05, 0.1) is 12.7 Å². The third-order valence-corrected chi connectivity index (χ3v) is 5.27. The molecule has 116 valence electrons. The molecule has 2 aliphatic rings. The van der Waals surface area contributed by atoms with Crippen LogP contribution in [0.1, 0.15) is 24.0 Å². The van der Waals surface area contributed by atoms with Crippen LogP contribution in [0.15, 0.2) is 24.3 Å². The molecule has 0 heterocycles. The lowest BCUT2D eigenvalue weighted by molar-refractivity contribution is 0.0257. The minimum Gasteiger partial charge on any atom is -0.382 e. The molecule has 3 atom stereocenters. The number of hydrogen-bond donors (Lipinski definition) is 1. The summed E-state index contributed by atoms with van der Waals surface area (Å²) in [4.78, 5) is 0. The van der Waals surface area contributed by atoms with Crippen LogP contribution in [-0.2, 0) is 22.3 Å². The Bertz CT molecular complexity index is 429. The highest BCUT2D eigenvalue weighted by Crippen LogP contribution is 2.39. The van der Waals surface area contributed by atoms with Crippen molar-refractivity contribution in [2.75, 3.05) is 27.4 Å². The van der Waals surface area contributed by atoms with Gasteiger partial charge in [0.1, 0.15) is 0 Å². The minimum atomic E-state index is 0.153. The number of fused-ring (bicyclic) bond motifs is 3. The highest BCUT2D eigenvalue weighted by Gasteiger charge is 2.38. The van der Waals surface area contributed by atoms with Crippen LogP contribution in [0.4, 0.5) is 0 Å². The quantitative estimate of drug-likeness (QED) is 0.872. The molecule has 3 rings (SSSR count). The standard InChI is InChI=1S/C18H27NO2/c1-20-12-17(21-2)11-19-18-15-7-8-16(18)10-14-6-4-3-5-13(14)9-15/h3-6,15-19H,7-12H2,1-2H3. The predicted molar refractivity (Wildman–Crippen MR) is 84.5 cm³/mol. The van der Waals surface area contributed by atoms with Gasteiger partial charge in [0.15, 0.2) is 0 Å². The molecule has 1 N–H and O–H groups in total. The van der Waals surface area contributed by atoms with Crippen LogP contribution in [0.25, 0.3) is 0 Å². The first-order valence-corrected chi connectivity index (χ1v) is 8.13. The van der Waals surface area contributed by atoms with Crippen molar-refractivity contribution in [2.45, 2.75) is 37.8 Å². The van der Waals surface area contributed by atoms with Crippen LogP contribution in [0.3, 0.4) is 0 Å². The summed E-state index contributed by atoms with van der Waals surface area (Å²) in [7, 11) is 3.50. The van der Waals surface area contributed by atoms with Crippen LogP contribution >= 0.6 is 0 Å². The molecular formula is C18H27NO2. The summed E-state index contributed by atoms with van der Waals surface area (Å²) in [6, 6.07) is 9.62. The second kappa shape index (κ2) is 6.91. The molecule has 0 aromatic heterocycles. The molecule has 0 saturated heterocycles. The van der Waals surface area contributed by atoms with E-state index >= 15 is 0 Å². The van der Waals surface area contributed by atoms with E-state index in [9.17, 15) is 0 Å². The van der Waals surface area contributed by atoms with Crippen molar-refractivity contribution in [3.63, 3.8) is 0 Å². The summed E-state index contributed by atoms with van der Waals surface area (Å²) in [5, 5.41) is 3.79. The molecule has 1 aromatic rings. The summed E-state index contributed by atoms with van der Waals surface area (Å²) >= 11 is 0. The van der Waals surface area contributed by atoms with Crippen LogP contribution < -0.4 is 5.32 Å². The van der Waals surface area contributed by atoms with Crippen molar-refractivity contribution in [1.82, 2.24) is 5.32 Å². The van der Waals surface area contributed by atoms with Gasteiger partial charge in [-0.3, -0.25) is 0 Å². The Kier molecular flexibility index (Phi) is 4.94. The third-order valence-electron chi connectivity index (χ3n) is 5.27. The van der Waals surface area contributed by atoms with E-state index in [1.807, 2.05) is 0 Å². The Morgan fingerprint density at radius 2 is 1.71 bits per heavy atom. The number of ether oxygens (including phenoxy) is 2. The molecule has 0 aliphatic heterocycles. The molecule has 2 aliphatic carbocycles. The van der Waals surface area contributed by atoms with E-state index in [1.165, 1.54) is 25.7 Å². The number of methoxy groups -OCH3 is 2. The smallest absolute Gasteiger partial charge is 0.0928 e. The Morgan fingerprint density at radius 1 is 1.10 bits per heavy atom. The topological polar surface area (TPSA) is 30.5 Å². The molecule has 0 spiro atoms. The average molecular weight is 289 g/mol. The predicted octanol–water partition coefficient (Wildman–Crippen LogP) is 2.43. The third kappa shape index (κ3) is 3.31. The number of benzene rings is 1. The van der Waals surface area contributed by atoms with E-state index < -0.39 is 0 Å². The number of nitrogens with one attached hydrogen (secondary N) is 1. The fourth-order valence-electron chi connectivity index (χ4n) is 4.15. The summed E-state index contributed by atoms with van der Waals surface area (Å²) < 4.78 is 10.7. The Labute approximate surface area is 128 Å². The van der Waals surface area contributed by atoms with Gasteiger partial charge in [-0.25, -0.2) is 0 Å². The van der Waals surface area contributed by atoms with Gasteiger partial charge >= 0.3 is 0 Å². The van der Waals surface area contributed by atoms with Gasteiger partial charge in [-0.2, -0.15) is 0 Å². The van der Waals surface area contributed by atoms with E-state index in [0.717, 1.165) is 18.4 Å². The number of rotatable bonds is 6. The molecular weight excluding hydrogens is 262 g/mol. The molecule has 0 radical (unpaired) electrons. The summed E-state index contributed by atoms with van der Waals surface area (Å²) in [5.74, 6) is 1.55. The van der Waals surface area contributed by atoms with E-state index in [-0.39, 0.29) is 6.10 Å². The van der Waals surface area contributed by atoms with Crippen molar-refractivity contribution in [3.05, 3.63) is 35.4 Å². The van der Waals surface area contributed by atoms with Crippen LogP contribution in [-0.4, -0.2) is 39.5 Å². The largest absolute Gasteiger partial charge is 0.382 e. The van der Waals surface area contributed by atoms with Gasteiger partial charge in [0.2, 0.25) is 0 Å². The molecule has 3 unspecified atom stereocenters. The molecule has 1 aromatic carbocycles. The Balaban J connectivity index is 1.65. The van der Waals surface area contributed by atoms with Gasteiger partial charge in [-0.15, -0.1) is 0 Å². The van der Waals surface area contributed by atoms with Gasteiger partial charge in [-0.1, -0.05) is 24.3 Å². The van der Waals surface area contributed by atoms with E-state index in [2.05, 4.69) is 29.6 Å². The second-order valence-corrected chi connectivity index (χ2v) is 6.52. The summed E-state index contributed by atoms with van der Waals surface area (Å²) in [5.41, 5.74) is 3.13. The Morgan fingerprint density at radius 3 is 2.24 bits per heavy atom. The minimum absolute atomic E-state index is 0.153. The zero-order chi connectivity index (χ0) is 14.7. The van der Waals surface area contributed by atoms with Crippen LogP contribution in [0, 0.1) is 11.8 Å². The maximum atomic E-state index is 5.48. The highest BCUT2D eigenvalue weighted by molar-refractivity contribution is 5.30. The summed E-state index contributed by atoms with van der Waals surface area (Å²) in [6.07, 6.45) is 5.33.